The van der Waals surface area contributed by atoms with Crippen LogP contribution in [0.25, 0.3) is 0 Å². The Morgan fingerprint density at radius 2 is 2.00 bits per heavy atom. The highest BCUT2D eigenvalue weighted by Gasteiger charge is 2.28. The summed E-state index contributed by atoms with van der Waals surface area (Å²) in [7, 11) is -3.10. The molecule has 1 aromatic rings. The van der Waals surface area contributed by atoms with Crippen LogP contribution in [-0.2, 0) is 22.9 Å². The van der Waals surface area contributed by atoms with E-state index in [1.165, 1.54) is 0 Å². The summed E-state index contributed by atoms with van der Waals surface area (Å²) in [6, 6.07) is 0. The molecule has 0 unspecified atom stereocenters. The second-order valence-corrected chi connectivity index (χ2v) is 8.95. The van der Waals surface area contributed by atoms with E-state index in [4.69, 9.17) is 0 Å². The van der Waals surface area contributed by atoms with Crippen LogP contribution in [0.15, 0.2) is 6.20 Å². The summed E-state index contributed by atoms with van der Waals surface area (Å²) in [5.41, 5.74) is 2.17. The minimum absolute atomic E-state index is 0.126. The minimum atomic E-state index is -3.10. The highest BCUT2D eigenvalue weighted by Crippen LogP contribution is 2.17. The van der Waals surface area contributed by atoms with Crippen LogP contribution in [0, 0.1) is 6.92 Å². The van der Waals surface area contributed by atoms with Crippen molar-refractivity contribution in [1.82, 2.24) is 15.1 Å². The largest absolute Gasteiger partial charge is 0.313 e. The Bertz CT molecular complexity index is 527. The van der Waals surface area contributed by atoms with E-state index in [1.807, 2.05) is 13.1 Å². The van der Waals surface area contributed by atoms with Gasteiger partial charge in [-0.2, -0.15) is 5.10 Å². The van der Waals surface area contributed by atoms with Crippen molar-refractivity contribution in [3.05, 3.63) is 17.5 Å². The van der Waals surface area contributed by atoms with Gasteiger partial charge in [0.15, 0.2) is 9.84 Å². The van der Waals surface area contributed by atoms with Crippen LogP contribution in [0.4, 0.5) is 0 Å². The quantitative estimate of drug-likeness (QED) is 0.781. The first-order valence-corrected chi connectivity index (χ1v) is 8.78. The SMILES string of the molecule is CCCNCc1cnn(CCS(=O)(=O)C(C)(C)C)c1C. The van der Waals surface area contributed by atoms with Gasteiger partial charge in [0.1, 0.15) is 0 Å². The number of nitrogens with zero attached hydrogens (tertiary/aromatic N) is 2. The number of sulfone groups is 1. The van der Waals surface area contributed by atoms with Crippen LogP contribution >= 0.6 is 0 Å². The monoisotopic (exact) mass is 301 g/mol. The molecule has 5 nitrogen and oxygen atoms in total. The third-order valence-electron chi connectivity index (χ3n) is 3.45. The molecule has 0 aliphatic rings. The van der Waals surface area contributed by atoms with Crippen molar-refractivity contribution in [2.45, 2.75) is 58.9 Å². The van der Waals surface area contributed by atoms with Gasteiger partial charge < -0.3 is 5.32 Å². The molecule has 116 valence electrons. The lowest BCUT2D eigenvalue weighted by Crippen LogP contribution is -2.32. The van der Waals surface area contributed by atoms with Crippen LogP contribution in [0.2, 0.25) is 0 Å². The van der Waals surface area contributed by atoms with Crippen molar-refractivity contribution in [3.8, 4) is 0 Å². The van der Waals surface area contributed by atoms with E-state index < -0.39 is 14.6 Å². The van der Waals surface area contributed by atoms with Gasteiger partial charge in [-0.3, -0.25) is 4.68 Å². The predicted molar refractivity (Wildman–Crippen MR) is 82.5 cm³/mol. The van der Waals surface area contributed by atoms with Crippen LogP contribution in [0.3, 0.4) is 0 Å². The van der Waals surface area contributed by atoms with Crippen molar-refractivity contribution in [3.63, 3.8) is 0 Å². The maximum absolute atomic E-state index is 12.1. The molecule has 0 saturated carbocycles. The molecule has 0 radical (unpaired) electrons. The van der Waals surface area contributed by atoms with Crippen LogP contribution in [-0.4, -0.2) is 35.2 Å². The fourth-order valence-corrected chi connectivity index (χ4v) is 2.82. The standard InChI is InChI=1S/C14H27N3O2S/c1-6-7-15-10-13-11-16-17(12(13)2)8-9-20(18,19)14(3,4)5/h11,15H,6-10H2,1-5H3. The lowest BCUT2D eigenvalue weighted by atomic mass is 10.2. The Morgan fingerprint density at radius 3 is 2.55 bits per heavy atom. The number of rotatable bonds is 7. The van der Waals surface area contributed by atoms with Gasteiger partial charge in [0, 0.05) is 17.8 Å². The van der Waals surface area contributed by atoms with E-state index in [-0.39, 0.29) is 5.75 Å². The fourth-order valence-electron chi connectivity index (χ4n) is 1.80. The van der Waals surface area contributed by atoms with E-state index in [9.17, 15) is 8.42 Å². The van der Waals surface area contributed by atoms with Crippen LogP contribution in [0.5, 0.6) is 0 Å². The first-order chi connectivity index (χ1) is 9.19. The van der Waals surface area contributed by atoms with E-state index in [2.05, 4.69) is 17.3 Å². The molecule has 1 heterocycles. The number of nitrogens with one attached hydrogen (secondary N) is 1. The smallest absolute Gasteiger partial charge is 0.157 e. The molecule has 0 atom stereocenters. The highest BCUT2D eigenvalue weighted by atomic mass is 32.2. The molecule has 1 aromatic heterocycles. The fraction of sp³-hybridized carbons (Fsp3) is 0.786. The molecular formula is C14H27N3O2S. The summed E-state index contributed by atoms with van der Waals surface area (Å²) in [6.45, 7) is 11.5. The average molecular weight is 301 g/mol. The predicted octanol–water partition coefficient (Wildman–Crippen LogP) is 1.90. The van der Waals surface area contributed by atoms with Gasteiger partial charge in [-0.1, -0.05) is 6.92 Å². The topological polar surface area (TPSA) is 64.0 Å². The minimum Gasteiger partial charge on any atom is -0.313 e. The zero-order chi connectivity index (χ0) is 15.4. The van der Waals surface area contributed by atoms with E-state index in [0.29, 0.717) is 6.54 Å². The first kappa shape index (κ1) is 17.2. The number of aryl methyl sites for hydroxylation is 1. The second-order valence-electron chi connectivity index (χ2n) is 6.09. The van der Waals surface area contributed by atoms with Crippen LogP contribution < -0.4 is 5.32 Å². The van der Waals surface area contributed by atoms with Crippen molar-refractivity contribution < 1.29 is 8.42 Å². The molecule has 6 heteroatoms. The maximum atomic E-state index is 12.1. The molecule has 0 aromatic carbocycles. The zero-order valence-corrected chi connectivity index (χ0v) is 14.0. The Labute approximate surface area is 122 Å². The van der Waals surface area contributed by atoms with E-state index in [0.717, 1.165) is 30.8 Å². The molecule has 0 aliphatic heterocycles. The zero-order valence-electron chi connectivity index (χ0n) is 13.2. The maximum Gasteiger partial charge on any atom is 0.157 e. The summed E-state index contributed by atoms with van der Waals surface area (Å²) in [5, 5.41) is 7.62. The van der Waals surface area contributed by atoms with Gasteiger partial charge in [0.05, 0.1) is 23.2 Å². The molecule has 0 amide bonds. The van der Waals surface area contributed by atoms with E-state index >= 15 is 0 Å². The van der Waals surface area contributed by atoms with Gasteiger partial charge in [0.2, 0.25) is 0 Å². The first-order valence-electron chi connectivity index (χ1n) is 7.13. The lowest BCUT2D eigenvalue weighted by molar-refractivity contribution is 0.546. The Hall–Kier alpha value is -0.880. The molecular weight excluding hydrogens is 274 g/mol. The molecule has 0 aliphatic carbocycles. The molecule has 20 heavy (non-hydrogen) atoms. The normalized spacial score (nSPS) is 12.8. The highest BCUT2D eigenvalue weighted by molar-refractivity contribution is 7.92. The number of hydrogen-bond donors (Lipinski definition) is 1. The Morgan fingerprint density at radius 1 is 1.35 bits per heavy atom. The third kappa shape index (κ3) is 4.31. The molecule has 1 N–H and O–H groups in total. The third-order valence-corrected chi connectivity index (χ3v) is 6.04. The average Bonchev–Trinajstić information content (AvgIpc) is 2.67. The Balaban J connectivity index is 2.66. The molecule has 1 rings (SSSR count). The molecule has 0 saturated heterocycles. The lowest BCUT2D eigenvalue weighted by Gasteiger charge is -2.19. The van der Waals surface area contributed by atoms with Crippen molar-refractivity contribution in [1.29, 1.82) is 0 Å². The number of hydrogen-bond acceptors (Lipinski definition) is 4. The number of aromatic nitrogens is 2. The van der Waals surface area contributed by atoms with Crippen LogP contribution in [0.1, 0.15) is 45.4 Å². The van der Waals surface area contributed by atoms with Gasteiger partial charge in [0.25, 0.3) is 0 Å². The van der Waals surface area contributed by atoms with Gasteiger partial charge >= 0.3 is 0 Å². The van der Waals surface area contributed by atoms with Gasteiger partial charge in [-0.25, -0.2) is 8.42 Å². The summed E-state index contributed by atoms with van der Waals surface area (Å²) < 4.78 is 25.3. The molecule has 0 spiro atoms. The second kappa shape index (κ2) is 6.72. The van der Waals surface area contributed by atoms with Crippen molar-refractivity contribution in [2.75, 3.05) is 12.3 Å². The van der Waals surface area contributed by atoms with Crippen molar-refractivity contribution >= 4 is 9.84 Å². The summed E-state index contributed by atoms with van der Waals surface area (Å²) in [4.78, 5) is 0. The van der Waals surface area contributed by atoms with Gasteiger partial charge in [-0.05, 0) is 40.7 Å². The summed E-state index contributed by atoms with van der Waals surface area (Å²) in [5.74, 6) is 0.126. The molecule has 0 bridgehead atoms. The molecule has 0 fully saturated rings. The Kier molecular flexibility index (Phi) is 5.77. The summed E-state index contributed by atoms with van der Waals surface area (Å²) in [6.07, 6.45) is 2.92. The van der Waals surface area contributed by atoms with Crippen molar-refractivity contribution in [2.24, 2.45) is 0 Å². The van der Waals surface area contributed by atoms with E-state index in [1.54, 1.807) is 25.5 Å². The summed E-state index contributed by atoms with van der Waals surface area (Å²) >= 11 is 0. The van der Waals surface area contributed by atoms with Gasteiger partial charge in [-0.15, -0.1) is 0 Å².